The molecule has 0 radical (unpaired) electrons. The Balaban J connectivity index is 4.28. The zero-order valence-corrected chi connectivity index (χ0v) is 9.35. The number of hydrogen-bond acceptors (Lipinski definition) is 3. The molecular weight excluding hydrogens is 180 g/mol. The molecule has 0 aromatic carbocycles. The first-order chi connectivity index (χ1) is 6.40. The molecule has 3 nitrogen and oxygen atoms in total. The van der Waals surface area contributed by atoms with Crippen LogP contribution in [0.25, 0.3) is 0 Å². The second-order valence-corrected chi connectivity index (χ2v) is 4.19. The van der Waals surface area contributed by atoms with Crippen molar-refractivity contribution in [2.75, 3.05) is 0 Å². The van der Waals surface area contributed by atoms with Gasteiger partial charge in [-0.15, -0.1) is 0 Å². The summed E-state index contributed by atoms with van der Waals surface area (Å²) in [4.78, 5) is 21.8. The summed E-state index contributed by atoms with van der Waals surface area (Å²) >= 11 is 0. The summed E-state index contributed by atoms with van der Waals surface area (Å²) in [5, 5.41) is 0. The van der Waals surface area contributed by atoms with E-state index in [0.717, 1.165) is 12.8 Å². The fourth-order valence-corrected chi connectivity index (χ4v) is 0.888. The Morgan fingerprint density at radius 2 is 1.93 bits per heavy atom. The fourth-order valence-electron chi connectivity index (χ4n) is 0.888. The molecule has 0 fully saturated rings. The molecule has 3 heteroatoms. The van der Waals surface area contributed by atoms with Gasteiger partial charge in [0.25, 0.3) is 0 Å². The molecule has 0 N–H and O–H groups in total. The monoisotopic (exact) mass is 198 g/mol. The van der Waals surface area contributed by atoms with Crippen molar-refractivity contribution in [3.8, 4) is 0 Å². The van der Waals surface area contributed by atoms with E-state index in [1.807, 2.05) is 6.92 Å². The quantitative estimate of drug-likeness (QED) is 0.395. The first-order valence-corrected chi connectivity index (χ1v) is 4.88. The Morgan fingerprint density at radius 1 is 1.36 bits per heavy atom. The summed E-state index contributed by atoms with van der Waals surface area (Å²) < 4.78 is 5.05. The van der Waals surface area contributed by atoms with Crippen LogP contribution in [0.1, 0.15) is 47.0 Å². The highest BCUT2D eigenvalue weighted by Gasteiger charge is 2.20. The molecule has 0 saturated heterocycles. The Bertz CT molecular complexity index is 242. The Hall–Kier alpha value is -1.08. The van der Waals surface area contributed by atoms with Crippen molar-refractivity contribution in [2.45, 2.75) is 52.6 Å². The number of ether oxygens (including phenoxy) is 1. The molecule has 0 unspecified atom stereocenters. The summed E-state index contributed by atoms with van der Waals surface area (Å²) in [5.74, 6) is 1.11. The molecule has 0 spiro atoms. The van der Waals surface area contributed by atoms with Crippen LogP contribution in [-0.2, 0) is 14.3 Å². The molecule has 0 atom stereocenters. The van der Waals surface area contributed by atoms with Crippen molar-refractivity contribution in [3.63, 3.8) is 0 Å². The van der Waals surface area contributed by atoms with Gasteiger partial charge in [0.05, 0.1) is 0 Å². The van der Waals surface area contributed by atoms with Gasteiger partial charge in [-0.3, -0.25) is 0 Å². The van der Waals surface area contributed by atoms with Crippen LogP contribution in [0, 0.1) is 0 Å². The summed E-state index contributed by atoms with van der Waals surface area (Å²) in [5.41, 5.74) is -0.437. The molecule has 0 aliphatic rings. The van der Waals surface area contributed by atoms with E-state index < -0.39 is 11.6 Å². The minimum absolute atomic E-state index is 0.113. The van der Waals surface area contributed by atoms with Crippen molar-refractivity contribution in [2.24, 2.45) is 0 Å². The Labute approximate surface area is 85.1 Å². The van der Waals surface area contributed by atoms with E-state index >= 15 is 0 Å². The van der Waals surface area contributed by atoms with Crippen molar-refractivity contribution in [3.05, 3.63) is 5.57 Å². The molecule has 0 aliphatic carbocycles. The maximum atomic E-state index is 11.4. The highest BCUT2D eigenvalue weighted by molar-refractivity contribution is 5.96. The normalized spacial score (nSPS) is 10.6. The zero-order chi connectivity index (χ0) is 11.2. The van der Waals surface area contributed by atoms with Crippen LogP contribution >= 0.6 is 0 Å². The van der Waals surface area contributed by atoms with Gasteiger partial charge in [-0.1, -0.05) is 13.3 Å². The van der Waals surface area contributed by atoms with Crippen molar-refractivity contribution in [1.82, 2.24) is 0 Å². The Kier molecular flexibility index (Phi) is 5.18. The predicted octanol–water partition coefficient (Wildman–Crippen LogP) is 2.28. The van der Waals surface area contributed by atoms with Crippen molar-refractivity contribution in [1.29, 1.82) is 0 Å². The van der Waals surface area contributed by atoms with Gasteiger partial charge in [-0.2, -0.15) is 0 Å². The molecule has 80 valence electrons. The van der Waals surface area contributed by atoms with Crippen LogP contribution in [0.2, 0.25) is 0 Å². The molecular formula is C11H18O3. The van der Waals surface area contributed by atoms with Gasteiger partial charge >= 0.3 is 5.97 Å². The highest BCUT2D eigenvalue weighted by Crippen LogP contribution is 2.13. The number of carbonyl (C=O) groups excluding carboxylic acids is 2. The molecule has 0 rings (SSSR count). The van der Waals surface area contributed by atoms with E-state index in [9.17, 15) is 9.59 Å². The van der Waals surface area contributed by atoms with E-state index in [0.29, 0.717) is 6.42 Å². The lowest BCUT2D eigenvalue weighted by Gasteiger charge is -2.19. The highest BCUT2D eigenvalue weighted by atomic mass is 16.6. The van der Waals surface area contributed by atoms with E-state index in [-0.39, 0.29) is 5.57 Å². The molecule has 14 heavy (non-hydrogen) atoms. The SMILES string of the molecule is CCCCC(=C=O)C(=O)OC(C)(C)C. The second kappa shape index (κ2) is 5.61. The molecule has 0 amide bonds. The van der Waals surface area contributed by atoms with Gasteiger partial charge < -0.3 is 4.74 Å². The molecule has 0 aliphatic heterocycles. The van der Waals surface area contributed by atoms with Crippen LogP contribution < -0.4 is 0 Å². The molecule has 0 aromatic heterocycles. The standard InChI is InChI=1S/C11H18O3/c1-5-6-7-9(8-12)10(13)14-11(2,3)4/h5-7H2,1-4H3. The largest absolute Gasteiger partial charge is 0.456 e. The van der Waals surface area contributed by atoms with E-state index in [2.05, 4.69) is 0 Å². The van der Waals surface area contributed by atoms with E-state index in [1.165, 1.54) is 0 Å². The maximum Gasteiger partial charge on any atom is 0.345 e. The van der Waals surface area contributed by atoms with Crippen LogP contribution in [0.5, 0.6) is 0 Å². The summed E-state index contributed by atoms with van der Waals surface area (Å²) in [6, 6.07) is 0. The topological polar surface area (TPSA) is 43.4 Å². The van der Waals surface area contributed by atoms with Crippen LogP contribution in [0.15, 0.2) is 5.57 Å². The average Bonchev–Trinajstić information content (AvgIpc) is 2.02. The number of rotatable bonds is 4. The van der Waals surface area contributed by atoms with Crippen molar-refractivity contribution < 1.29 is 14.3 Å². The zero-order valence-electron chi connectivity index (χ0n) is 9.35. The van der Waals surface area contributed by atoms with Gasteiger partial charge in [0, 0.05) is 0 Å². The van der Waals surface area contributed by atoms with Gasteiger partial charge in [0.2, 0.25) is 0 Å². The third-order valence-electron chi connectivity index (χ3n) is 1.55. The van der Waals surface area contributed by atoms with Crippen LogP contribution in [0.3, 0.4) is 0 Å². The number of carbonyl (C=O) groups is 1. The smallest absolute Gasteiger partial charge is 0.345 e. The van der Waals surface area contributed by atoms with Crippen LogP contribution in [-0.4, -0.2) is 17.5 Å². The van der Waals surface area contributed by atoms with Gasteiger partial charge in [0.1, 0.15) is 17.1 Å². The number of hydrogen-bond donors (Lipinski definition) is 0. The Morgan fingerprint density at radius 3 is 2.29 bits per heavy atom. The second-order valence-electron chi connectivity index (χ2n) is 4.19. The van der Waals surface area contributed by atoms with Gasteiger partial charge in [0.15, 0.2) is 0 Å². The maximum absolute atomic E-state index is 11.4. The molecule has 0 aromatic rings. The lowest BCUT2D eigenvalue weighted by atomic mass is 10.1. The first kappa shape index (κ1) is 12.9. The lowest BCUT2D eigenvalue weighted by Crippen LogP contribution is -2.25. The average molecular weight is 198 g/mol. The van der Waals surface area contributed by atoms with Gasteiger partial charge in [-0.05, 0) is 33.6 Å². The number of esters is 1. The summed E-state index contributed by atoms with van der Waals surface area (Å²) in [7, 11) is 0. The van der Waals surface area contributed by atoms with Crippen molar-refractivity contribution >= 4 is 11.9 Å². The van der Waals surface area contributed by atoms with E-state index in [1.54, 1.807) is 26.7 Å². The fraction of sp³-hybridized carbons (Fsp3) is 0.727. The lowest BCUT2D eigenvalue weighted by molar-refractivity contribution is -0.149. The molecule has 0 saturated carbocycles. The summed E-state index contributed by atoms with van der Waals surface area (Å²) in [6.45, 7) is 7.31. The van der Waals surface area contributed by atoms with Gasteiger partial charge in [-0.25, -0.2) is 9.59 Å². The summed E-state index contributed by atoms with van der Waals surface area (Å²) in [6.07, 6.45) is 2.20. The minimum atomic E-state index is -0.550. The predicted molar refractivity (Wildman–Crippen MR) is 54.6 cm³/mol. The molecule has 0 heterocycles. The third kappa shape index (κ3) is 5.55. The number of unbranched alkanes of at least 4 members (excludes halogenated alkanes) is 1. The minimum Gasteiger partial charge on any atom is -0.456 e. The third-order valence-corrected chi connectivity index (χ3v) is 1.55. The van der Waals surface area contributed by atoms with E-state index in [4.69, 9.17) is 4.74 Å². The molecule has 0 bridgehead atoms. The van der Waals surface area contributed by atoms with Crippen LogP contribution in [0.4, 0.5) is 0 Å². The first-order valence-electron chi connectivity index (χ1n) is 4.88.